The zero-order chi connectivity index (χ0) is 9.26. The third-order valence-corrected chi connectivity index (χ3v) is 2.62. The van der Waals surface area contributed by atoms with E-state index in [4.69, 9.17) is 0 Å². The monoisotopic (exact) mass is 177 g/mol. The van der Waals surface area contributed by atoms with Crippen molar-refractivity contribution in [2.45, 2.75) is 25.3 Å². The molecule has 0 spiro atoms. The Balaban J connectivity index is 2.24. The van der Waals surface area contributed by atoms with Gasteiger partial charge in [-0.05, 0) is 17.5 Å². The number of nitro groups is 1. The summed E-state index contributed by atoms with van der Waals surface area (Å²) >= 11 is 0. The molecule has 0 aromatic heterocycles. The third-order valence-electron chi connectivity index (χ3n) is 2.62. The average molecular weight is 177 g/mol. The molecular formula is C10H11NO2. The molecule has 3 heteroatoms. The molecule has 0 amide bonds. The molecule has 68 valence electrons. The van der Waals surface area contributed by atoms with Crippen molar-refractivity contribution in [3.63, 3.8) is 0 Å². The normalized spacial score (nSPS) is 20.8. The van der Waals surface area contributed by atoms with Crippen LogP contribution in [-0.4, -0.2) is 11.0 Å². The number of rotatable bonds is 1. The van der Waals surface area contributed by atoms with Gasteiger partial charge in [-0.1, -0.05) is 24.3 Å². The molecule has 0 saturated carbocycles. The first-order valence-corrected chi connectivity index (χ1v) is 4.47. The Morgan fingerprint density at radius 1 is 1.31 bits per heavy atom. The predicted molar refractivity (Wildman–Crippen MR) is 49.2 cm³/mol. The zero-order valence-electron chi connectivity index (χ0n) is 7.27. The minimum atomic E-state index is -0.366. The largest absolute Gasteiger partial charge is 0.264 e. The molecule has 0 radical (unpaired) electrons. The Kier molecular flexibility index (Phi) is 2.00. The quantitative estimate of drug-likeness (QED) is 0.485. The molecule has 13 heavy (non-hydrogen) atoms. The van der Waals surface area contributed by atoms with Gasteiger partial charge in [0.2, 0.25) is 6.04 Å². The molecule has 1 aromatic rings. The van der Waals surface area contributed by atoms with Crippen LogP contribution in [0.5, 0.6) is 0 Å². The van der Waals surface area contributed by atoms with Gasteiger partial charge in [0.05, 0.1) is 0 Å². The van der Waals surface area contributed by atoms with Gasteiger partial charge in [0.25, 0.3) is 0 Å². The van der Waals surface area contributed by atoms with E-state index in [1.807, 2.05) is 18.2 Å². The molecule has 1 atom stereocenters. The summed E-state index contributed by atoms with van der Waals surface area (Å²) in [6.45, 7) is 0. The lowest BCUT2D eigenvalue weighted by molar-refractivity contribution is -0.523. The van der Waals surface area contributed by atoms with E-state index in [9.17, 15) is 10.1 Å². The lowest BCUT2D eigenvalue weighted by atomic mass is 9.89. The van der Waals surface area contributed by atoms with E-state index in [2.05, 4.69) is 6.07 Å². The highest BCUT2D eigenvalue weighted by Gasteiger charge is 2.25. The Morgan fingerprint density at radius 3 is 2.69 bits per heavy atom. The topological polar surface area (TPSA) is 43.1 Å². The fourth-order valence-electron chi connectivity index (χ4n) is 1.86. The maximum atomic E-state index is 10.6. The maximum Gasteiger partial charge on any atom is 0.217 e. The third kappa shape index (κ3) is 1.54. The van der Waals surface area contributed by atoms with Gasteiger partial charge >= 0.3 is 0 Å². The molecule has 0 fully saturated rings. The van der Waals surface area contributed by atoms with E-state index in [0.29, 0.717) is 12.8 Å². The van der Waals surface area contributed by atoms with E-state index in [0.717, 1.165) is 12.0 Å². The lowest BCUT2D eigenvalue weighted by Gasteiger charge is -2.18. The molecule has 0 heterocycles. The van der Waals surface area contributed by atoms with Crippen LogP contribution in [0.4, 0.5) is 0 Å². The number of nitrogens with zero attached hydrogens (tertiary/aromatic N) is 1. The number of hydrogen-bond donors (Lipinski definition) is 0. The Labute approximate surface area is 76.5 Å². The smallest absolute Gasteiger partial charge is 0.217 e. The van der Waals surface area contributed by atoms with Gasteiger partial charge in [0.1, 0.15) is 0 Å². The van der Waals surface area contributed by atoms with E-state index < -0.39 is 0 Å². The molecule has 3 nitrogen and oxygen atoms in total. The molecule has 0 bridgehead atoms. The number of fused-ring (bicyclic) bond motifs is 1. The predicted octanol–water partition coefficient (Wildman–Crippen LogP) is 1.82. The zero-order valence-corrected chi connectivity index (χ0v) is 7.27. The van der Waals surface area contributed by atoms with E-state index in [-0.39, 0.29) is 11.0 Å². The first-order valence-electron chi connectivity index (χ1n) is 4.47. The van der Waals surface area contributed by atoms with Crippen LogP contribution in [0.25, 0.3) is 0 Å². The molecule has 2 rings (SSSR count). The minimum Gasteiger partial charge on any atom is -0.264 e. The summed E-state index contributed by atoms with van der Waals surface area (Å²) in [6, 6.07) is 7.62. The van der Waals surface area contributed by atoms with Crippen molar-refractivity contribution >= 4 is 0 Å². The minimum absolute atomic E-state index is 0.157. The first kappa shape index (κ1) is 8.23. The van der Waals surface area contributed by atoms with Crippen LogP contribution >= 0.6 is 0 Å². The van der Waals surface area contributed by atoms with Gasteiger partial charge in [-0.3, -0.25) is 10.1 Å². The summed E-state index contributed by atoms with van der Waals surface area (Å²) in [5.74, 6) is 0. The summed E-state index contributed by atoms with van der Waals surface area (Å²) < 4.78 is 0. The highest BCUT2D eigenvalue weighted by Crippen LogP contribution is 2.22. The molecule has 1 aromatic carbocycles. The van der Waals surface area contributed by atoms with Crippen molar-refractivity contribution in [2.75, 3.05) is 0 Å². The van der Waals surface area contributed by atoms with Crippen LogP contribution in [0.3, 0.4) is 0 Å². The van der Waals surface area contributed by atoms with Gasteiger partial charge in [0, 0.05) is 17.8 Å². The van der Waals surface area contributed by atoms with Crippen molar-refractivity contribution in [2.24, 2.45) is 0 Å². The van der Waals surface area contributed by atoms with Crippen molar-refractivity contribution in [3.8, 4) is 0 Å². The molecule has 1 aliphatic rings. The molecule has 1 unspecified atom stereocenters. The second kappa shape index (κ2) is 3.17. The second-order valence-corrected chi connectivity index (χ2v) is 3.45. The Morgan fingerprint density at radius 2 is 2.00 bits per heavy atom. The van der Waals surface area contributed by atoms with E-state index >= 15 is 0 Å². The van der Waals surface area contributed by atoms with Crippen LogP contribution in [0.1, 0.15) is 17.5 Å². The Bertz CT molecular complexity index is 335. The van der Waals surface area contributed by atoms with Gasteiger partial charge in [-0.15, -0.1) is 0 Å². The standard InChI is InChI=1S/C10H11NO2/c12-11(13)10-6-5-8-3-1-2-4-9(8)7-10/h1-4,10H,5-7H2. The summed E-state index contributed by atoms with van der Waals surface area (Å²) in [4.78, 5) is 10.4. The molecule has 0 aliphatic heterocycles. The lowest BCUT2D eigenvalue weighted by Crippen LogP contribution is -2.27. The number of aryl methyl sites for hydroxylation is 1. The fourth-order valence-corrected chi connectivity index (χ4v) is 1.86. The van der Waals surface area contributed by atoms with E-state index in [1.54, 1.807) is 0 Å². The summed E-state index contributed by atoms with van der Waals surface area (Å²) in [5, 5.41) is 10.6. The van der Waals surface area contributed by atoms with Gasteiger partial charge < -0.3 is 0 Å². The van der Waals surface area contributed by atoms with Crippen LogP contribution in [0.15, 0.2) is 24.3 Å². The molecule has 0 saturated heterocycles. The van der Waals surface area contributed by atoms with Crippen LogP contribution in [0.2, 0.25) is 0 Å². The second-order valence-electron chi connectivity index (χ2n) is 3.45. The summed E-state index contributed by atoms with van der Waals surface area (Å²) in [7, 11) is 0. The van der Waals surface area contributed by atoms with Crippen LogP contribution in [0, 0.1) is 10.1 Å². The maximum absolute atomic E-state index is 10.6. The number of benzene rings is 1. The van der Waals surface area contributed by atoms with Gasteiger partial charge in [-0.25, -0.2) is 0 Å². The van der Waals surface area contributed by atoms with Gasteiger partial charge in [-0.2, -0.15) is 0 Å². The SMILES string of the molecule is O=[N+]([O-])C1CCc2ccccc2C1. The molecule has 0 N–H and O–H groups in total. The highest BCUT2D eigenvalue weighted by molar-refractivity contribution is 5.29. The van der Waals surface area contributed by atoms with Crippen LogP contribution in [-0.2, 0) is 12.8 Å². The molecule has 1 aliphatic carbocycles. The van der Waals surface area contributed by atoms with Crippen molar-refractivity contribution < 1.29 is 4.92 Å². The highest BCUT2D eigenvalue weighted by atomic mass is 16.6. The number of hydrogen-bond acceptors (Lipinski definition) is 2. The van der Waals surface area contributed by atoms with Crippen molar-refractivity contribution in [1.82, 2.24) is 0 Å². The van der Waals surface area contributed by atoms with Crippen molar-refractivity contribution in [1.29, 1.82) is 0 Å². The van der Waals surface area contributed by atoms with Crippen molar-refractivity contribution in [3.05, 3.63) is 45.5 Å². The fraction of sp³-hybridized carbons (Fsp3) is 0.400. The van der Waals surface area contributed by atoms with Gasteiger partial charge in [0.15, 0.2) is 0 Å². The molecular weight excluding hydrogens is 166 g/mol. The van der Waals surface area contributed by atoms with E-state index in [1.165, 1.54) is 5.56 Å². The Hall–Kier alpha value is -1.38. The summed E-state index contributed by atoms with van der Waals surface area (Å²) in [5.41, 5.74) is 2.43. The first-order chi connectivity index (χ1) is 6.27. The van der Waals surface area contributed by atoms with Crippen LogP contribution < -0.4 is 0 Å². The average Bonchev–Trinajstić information content (AvgIpc) is 2.17. The summed E-state index contributed by atoms with van der Waals surface area (Å²) in [6.07, 6.45) is 2.13.